The lowest BCUT2D eigenvalue weighted by molar-refractivity contribution is -0.116. The molecule has 0 aliphatic heterocycles. The number of nitrogens with one attached hydrogen (secondary N) is 2. The molecule has 1 amide bonds. The molecule has 21 heavy (non-hydrogen) atoms. The Hall–Kier alpha value is -1.98. The Morgan fingerprint density at radius 1 is 1.67 bits per heavy atom. The molecule has 1 unspecified atom stereocenters. The number of aliphatic imine (C=N–C) groups is 1. The fourth-order valence-electron chi connectivity index (χ4n) is 2.02. The van der Waals surface area contributed by atoms with Gasteiger partial charge in [-0.05, 0) is 32.4 Å². The number of carbonyl (C=O) groups is 1. The summed E-state index contributed by atoms with van der Waals surface area (Å²) in [5.74, 6) is 0.151. The van der Waals surface area contributed by atoms with E-state index in [1.807, 2.05) is 32.2 Å². The Balaban J connectivity index is 2.54. The van der Waals surface area contributed by atoms with Crippen LogP contribution < -0.4 is 16.4 Å². The number of hydrogen-bond acceptors (Lipinski definition) is 4. The highest BCUT2D eigenvalue weighted by atomic mass is 16.1. The number of amides is 1. The van der Waals surface area contributed by atoms with Gasteiger partial charge in [0, 0.05) is 36.3 Å². The SMILES string of the molecule is C=C/N=C\C=C(/C)NC(=O)C1=CCC([C@H](N)CNC)C=C1. The molecular weight excluding hydrogens is 264 g/mol. The number of nitrogens with two attached hydrogens (primary N) is 1. The molecule has 0 aromatic rings. The Bertz CT molecular complexity index is 489. The molecule has 0 aromatic carbocycles. The van der Waals surface area contributed by atoms with Crippen molar-refractivity contribution < 1.29 is 4.79 Å². The maximum absolute atomic E-state index is 12.1. The molecule has 0 aromatic heterocycles. The van der Waals surface area contributed by atoms with Crippen LogP contribution in [0.3, 0.4) is 0 Å². The van der Waals surface area contributed by atoms with Gasteiger partial charge in [-0.1, -0.05) is 24.8 Å². The van der Waals surface area contributed by atoms with Gasteiger partial charge in [-0.3, -0.25) is 9.79 Å². The first kappa shape index (κ1) is 17.1. The van der Waals surface area contributed by atoms with Crippen molar-refractivity contribution in [2.24, 2.45) is 16.6 Å². The Morgan fingerprint density at radius 2 is 2.43 bits per heavy atom. The molecule has 1 rings (SSSR count). The second-order valence-corrected chi connectivity index (χ2v) is 4.92. The summed E-state index contributed by atoms with van der Waals surface area (Å²) in [6.07, 6.45) is 11.3. The lowest BCUT2D eigenvalue weighted by atomic mass is 9.90. The average molecular weight is 288 g/mol. The Kier molecular flexibility index (Phi) is 7.36. The van der Waals surface area contributed by atoms with Crippen LogP contribution in [0.2, 0.25) is 0 Å². The second kappa shape index (κ2) is 9.05. The van der Waals surface area contributed by atoms with E-state index in [1.54, 1.807) is 12.3 Å². The van der Waals surface area contributed by atoms with Crippen molar-refractivity contribution in [3.63, 3.8) is 0 Å². The van der Waals surface area contributed by atoms with E-state index in [0.717, 1.165) is 18.7 Å². The van der Waals surface area contributed by atoms with Crippen molar-refractivity contribution >= 4 is 12.1 Å². The zero-order valence-corrected chi connectivity index (χ0v) is 12.7. The van der Waals surface area contributed by atoms with E-state index in [1.165, 1.54) is 6.20 Å². The number of nitrogens with zero attached hydrogens (tertiary/aromatic N) is 1. The van der Waals surface area contributed by atoms with E-state index >= 15 is 0 Å². The van der Waals surface area contributed by atoms with E-state index in [0.29, 0.717) is 5.57 Å². The highest BCUT2D eigenvalue weighted by Crippen LogP contribution is 2.18. The number of rotatable bonds is 7. The van der Waals surface area contributed by atoms with Gasteiger partial charge in [0.2, 0.25) is 0 Å². The predicted octanol–water partition coefficient (Wildman–Crippen LogP) is 1.27. The van der Waals surface area contributed by atoms with Gasteiger partial charge in [0.1, 0.15) is 0 Å². The smallest absolute Gasteiger partial charge is 0.255 e. The van der Waals surface area contributed by atoms with Crippen LogP contribution in [-0.4, -0.2) is 31.8 Å². The van der Waals surface area contributed by atoms with Crippen LogP contribution in [0, 0.1) is 5.92 Å². The lowest BCUT2D eigenvalue weighted by Crippen LogP contribution is -2.38. The number of allylic oxidation sites excluding steroid dienone is 3. The van der Waals surface area contributed by atoms with Crippen molar-refractivity contribution in [2.45, 2.75) is 19.4 Å². The zero-order valence-electron chi connectivity index (χ0n) is 12.7. The third-order valence-electron chi connectivity index (χ3n) is 3.21. The van der Waals surface area contributed by atoms with E-state index in [9.17, 15) is 4.79 Å². The summed E-state index contributed by atoms with van der Waals surface area (Å²) in [6.45, 7) is 6.05. The molecule has 2 atom stereocenters. The monoisotopic (exact) mass is 288 g/mol. The average Bonchev–Trinajstić information content (AvgIpc) is 2.48. The van der Waals surface area contributed by atoms with Crippen molar-refractivity contribution in [1.82, 2.24) is 10.6 Å². The Labute approximate surface area is 126 Å². The van der Waals surface area contributed by atoms with Crippen LogP contribution in [0.15, 0.2) is 53.3 Å². The van der Waals surface area contributed by atoms with Gasteiger partial charge >= 0.3 is 0 Å². The summed E-state index contributed by atoms with van der Waals surface area (Å²) in [7, 11) is 1.88. The minimum absolute atomic E-state index is 0.0591. The normalized spacial score (nSPS) is 20.2. The van der Waals surface area contributed by atoms with Crippen LogP contribution in [0.1, 0.15) is 13.3 Å². The lowest BCUT2D eigenvalue weighted by Gasteiger charge is -2.22. The van der Waals surface area contributed by atoms with E-state index in [-0.39, 0.29) is 17.9 Å². The third-order valence-corrected chi connectivity index (χ3v) is 3.21. The molecule has 0 heterocycles. The number of carbonyl (C=O) groups excluding carboxylic acids is 1. The summed E-state index contributed by atoms with van der Waals surface area (Å²) >= 11 is 0. The highest BCUT2D eigenvalue weighted by molar-refractivity contribution is 5.97. The largest absolute Gasteiger partial charge is 0.326 e. The van der Waals surface area contributed by atoms with Gasteiger partial charge in [0.25, 0.3) is 5.91 Å². The molecule has 0 fully saturated rings. The van der Waals surface area contributed by atoms with Crippen LogP contribution >= 0.6 is 0 Å². The van der Waals surface area contributed by atoms with Gasteiger partial charge in [-0.25, -0.2) is 0 Å². The number of likely N-dealkylation sites (N-methyl/N-ethyl adjacent to an activating group) is 1. The second-order valence-electron chi connectivity index (χ2n) is 4.92. The van der Waals surface area contributed by atoms with Gasteiger partial charge in [0.05, 0.1) is 0 Å². The van der Waals surface area contributed by atoms with Crippen molar-refractivity contribution in [1.29, 1.82) is 0 Å². The van der Waals surface area contributed by atoms with Gasteiger partial charge < -0.3 is 16.4 Å². The van der Waals surface area contributed by atoms with Crippen LogP contribution in [0.4, 0.5) is 0 Å². The van der Waals surface area contributed by atoms with Gasteiger partial charge in [0.15, 0.2) is 0 Å². The predicted molar refractivity (Wildman–Crippen MR) is 87.8 cm³/mol. The molecule has 0 saturated heterocycles. The molecule has 0 spiro atoms. The molecule has 1 aliphatic carbocycles. The van der Waals surface area contributed by atoms with Crippen molar-refractivity contribution in [3.05, 3.63) is 48.4 Å². The molecule has 5 heteroatoms. The fourth-order valence-corrected chi connectivity index (χ4v) is 2.02. The summed E-state index contributed by atoms with van der Waals surface area (Å²) < 4.78 is 0. The minimum Gasteiger partial charge on any atom is -0.326 e. The van der Waals surface area contributed by atoms with Crippen molar-refractivity contribution in [3.8, 4) is 0 Å². The van der Waals surface area contributed by atoms with E-state index in [2.05, 4.69) is 22.2 Å². The first-order valence-corrected chi connectivity index (χ1v) is 6.99. The quantitative estimate of drug-likeness (QED) is 0.617. The van der Waals surface area contributed by atoms with Crippen molar-refractivity contribution in [2.75, 3.05) is 13.6 Å². The molecule has 114 valence electrons. The molecule has 0 radical (unpaired) electrons. The first-order chi connectivity index (χ1) is 10.1. The standard InChI is InChI=1S/C16H24N4O/c1-4-19-10-9-12(2)20-16(21)14-7-5-13(6-8-14)15(17)11-18-3/h4-5,7-10,13,15,18H,1,6,11,17H2,2-3H3,(H,20,21)/b12-9+,19-10-/t13?,15-/m1/s1. The Morgan fingerprint density at radius 3 is 3.00 bits per heavy atom. The summed E-state index contributed by atoms with van der Waals surface area (Å²) in [6, 6.07) is 0.0591. The fraction of sp³-hybridized carbons (Fsp3) is 0.375. The molecular formula is C16H24N4O. The van der Waals surface area contributed by atoms with Gasteiger partial charge in [-0.2, -0.15) is 0 Å². The maximum atomic E-state index is 12.1. The minimum atomic E-state index is -0.118. The van der Waals surface area contributed by atoms with E-state index in [4.69, 9.17) is 5.73 Å². The van der Waals surface area contributed by atoms with Crippen LogP contribution in [0.5, 0.6) is 0 Å². The first-order valence-electron chi connectivity index (χ1n) is 6.99. The third kappa shape index (κ3) is 5.89. The highest BCUT2D eigenvalue weighted by Gasteiger charge is 2.18. The molecule has 0 saturated carbocycles. The summed E-state index contributed by atoms with van der Waals surface area (Å²) in [5, 5.41) is 5.87. The number of hydrogen-bond donors (Lipinski definition) is 3. The molecule has 1 aliphatic rings. The zero-order chi connectivity index (χ0) is 15.7. The maximum Gasteiger partial charge on any atom is 0.255 e. The molecule has 0 bridgehead atoms. The molecule has 4 N–H and O–H groups in total. The topological polar surface area (TPSA) is 79.5 Å². The summed E-state index contributed by atoms with van der Waals surface area (Å²) in [5.41, 5.74) is 7.45. The molecule has 5 nitrogen and oxygen atoms in total. The van der Waals surface area contributed by atoms with Crippen LogP contribution in [-0.2, 0) is 4.79 Å². The van der Waals surface area contributed by atoms with Crippen LogP contribution in [0.25, 0.3) is 0 Å². The van der Waals surface area contributed by atoms with Gasteiger partial charge in [-0.15, -0.1) is 0 Å². The summed E-state index contributed by atoms with van der Waals surface area (Å²) in [4.78, 5) is 15.9. The van der Waals surface area contributed by atoms with E-state index < -0.39 is 0 Å².